The van der Waals surface area contributed by atoms with Crippen molar-refractivity contribution in [2.45, 2.75) is 18.9 Å². The molecule has 1 unspecified atom stereocenters. The number of carbonyl (C=O) groups is 2. The van der Waals surface area contributed by atoms with Crippen LogP contribution in [-0.4, -0.2) is 16.7 Å². The molecule has 0 aliphatic carbocycles. The summed E-state index contributed by atoms with van der Waals surface area (Å²) in [6, 6.07) is 13.3. The van der Waals surface area contributed by atoms with Gasteiger partial charge in [0.15, 0.2) is 0 Å². The highest BCUT2D eigenvalue weighted by molar-refractivity contribution is 6.01. The summed E-state index contributed by atoms with van der Waals surface area (Å²) in [5.74, 6) is -1.04. The Balaban J connectivity index is 1.73. The molecule has 0 fully saturated rings. The van der Waals surface area contributed by atoms with Gasteiger partial charge in [0.05, 0.1) is 10.8 Å². The average molecular weight is 325 g/mol. The first-order chi connectivity index (χ1) is 11.5. The normalized spacial score (nSPS) is 16.0. The number of non-ortho nitro benzene ring substituents is 1. The first-order valence-corrected chi connectivity index (χ1v) is 7.44. The van der Waals surface area contributed by atoms with Gasteiger partial charge in [-0.2, -0.15) is 0 Å². The predicted octanol–water partition coefficient (Wildman–Crippen LogP) is 2.34. The Morgan fingerprint density at radius 3 is 2.83 bits per heavy atom. The van der Waals surface area contributed by atoms with Crippen molar-refractivity contribution in [3.05, 3.63) is 69.8 Å². The quantitative estimate of drug-likeness (QED) is 0.665. The predicted molar refractivity (Wildman–Crippen MR) is 87.4 cm³/mol. The molecule has 122 valence electrons. The zero-order chi connectivity index (χ0) is 17.1. The van der Waals surface area contributed by atoms with E-state index < -0.39 is 10.8 Å². The van der Waals surface area contributed by atoms with Gasteiger partial charge in [0.1, 0.15) is 0 Å². The fourth-order valence-electron chi connectivity index (χ4n) is 2.74. The maximum absolute atomic E-state index is 12.5. The summed E-state index contributed by atoms with van der Waals surface area (Å²) in [7, 11) is 0. The lowest BCUT2D eigenvalue weighted by Gasteiger charge is -2.24. The fourth-order valence-corrected chi connectivity index (χ4v) is 2.74. The first-order valence-electron chi connectivity index (χ1n) is 7.44. The van der Waals surface area contributed by atoms with E-state index in [-0.39, 0.29) is 30.5 Å². The van der Waals surface area contributed by atoms with Crippen molar-refractivity contribution >= 4 is 23.2 Å². The molecule has 0 saturated heterocycles. The Morgan fingerprint density at radius 2 is 2.04 bits per heavy atom. The van der Waals surface area contributed by atoms with Crippen LogP contribution in [0.1, 0.15) is 23.5 Å². The Bertz CT molecular complexity index is 819. The maximum atomic E-state index is 12.5. The molecule has 0 radical (unpaired) electrons. The van der Waals surface area contributed by atoms with Crippen molar-refractivity contribution < 1.29 is 14.5 Å². The summed E-state index contributed by atoms with van der Waals surface area (Å²) in [5.41, 5.74) is 2.02. The van der Waals surface area contributed by atoms with E-state index in [0.29, 0.717) is 11.3 Å². The van der Waals surface area contributed by atoms with Gasteiger partial charge in [-0.3, -0.25) is 19.7 Å². The molecule has 7 nitrogen and oxygen atoms in total. The number of nitrogens with one attached hydrogen (secondary N) is 2. The van der Waals surface area contributed by atoms with Gasteiger partial charge >= 0.3 is 0 Å². The lowest BCUT2D eigenvalue weighted by molar-refractivity contribution is -0.384. The van der Waals surface area contributed by atoms with E-state index in [1.807, 2.05) is 12.1 Å². The molecule has 0 bridgehead atoms. The number of para-hydroxylation sites is 1. The summed E-state index contributed by atoms with van der Waals surface area (Å²) >= 11 is 0. The molecule has 1 aliphatic heterocycles. The van der Waals surface area contributed by atoms with E-state index in [1.54, 1.807) is 24.3 Å². The van der Waals surface area contributed by atoms with Crippen molar-refractivity contribution in [1.82, 2.24) is 5.32 Å². The van der Waals surface area contributed by atoms with Crippen LogP contribution in [0.5, 0.6) is 0 Å². The van der Waals surface area contributed by atoms with Gasteiger partial charge in [-0.25, -0.2) is 0 Å². The smallest absolute Gasteiger partial charge is 0.269 e. The summed E-state index contributed by atoms with van der Waals surface area (Å²) in [4.78, 5) is 34.5. The molecule has 7 heteroatoms. The molecule has 0 spiro atoms. The van der Waals surface area contributed by atoms with Crippen LogP contribution in [0.4, 0.5) is 11.4 Å². The highest BCUT2D eigenvalue weighted by atomic mass is 16.6. The maximum Gasteiger partial charge on any atom is 0.269 e. The molecule has 2 aromatic carbocycles. The minimum absolute atomic E-state index is 0.0239. The largest absolute Gasteiger partial charge is 0.351 e. The van der Waals surface area contributed by atoms with E-state index >= 15 is 0 Å². The molecule has 2 amide bonds. The van der Waals surface area contributed by atoms with Gasteiger partial charge in [-0.15, -0.1) is 0 Å². The van der Waals surface area contributed by atoms with Gasteiger partial charge in [0, 0.05) is 30.8 Å². The lowest BCUT2D eigenvalue weighted by atomic mass is 9.90. The number of rotatable bonds is 4. The molecule has 0 aromatic heterocycles. The molecule has 3 rings (SSSR count). The van der Waals surface area contributed by atoms with Crippen molar-refractivity contribution in [3.63, 3.8) is 0 Å². The molecule has 2 aromatic rings. The Hall–Kier alpha value is -3.22. The second-order valence-electron chi connectivity index (χ2n) is 5.54. The summed E-state index contributed by atoms with van der Waals surface area (Å²) in [6.45, 7) is 0.167. The Morgan fingerprint density at radius 1 is 1.25 bits per heavy atom. The number of fused-ring (bicyclic) bond motifs is 1. The third kappa shape index (κ3) is 3.24. The van der Waals surface area contributed by atoms with Crippen LogP contribution in [0, 0.1) is 10.1 Å². The number of nitro groups is 1. The molecule has 1 aliphatic rings. The topological polar surface area (TPSA) is 101 Å². The highest BCUT2D eigenvalue weighted by Gasteiger charge is 2.30. The average Bonchev–Trinajstić information content (AvgIpc) is 2.59. The van der Waals surface area contributed by atoms with Gasteiger partial charge in [-0.05, 0) is 17.2 Å². The number of amides is 2. The molecule has 1 atom stereocenters. The van der Waals surface area contributed by atoms with Gasteiger partial charge < -0.3 is 10.6 Å². The standard InChI is InChI=1S/C17H15N3O4/c21-16-9-14(13-6-1-2-7-15(13)19-16)17(22)18-10-11-4-3-5-12(8-11)20(23)24/h1-8,14H,9-10H2,(H,18,22)(H,19,21). The number of carbonyl (C=O) groups excluding carboxylic acids is 2. The Kier molecular flexibility index (Phi) is 4.24. The fraction of sp³-hybridized carbons (Fsp3) is 0.176. The van der Waals surface area contributed by atoms with Crippen LogP contribution >= 0.6 is 0 Å². The van der Waals surface area contributed by atoms with E-state index in [4.69, 9.17) is 0 Å². The minimum atomic E-state index is -0.561. The summed E-state index contributed by atoms with van der Waals surface area (Å²) in [6.07, 6.45) is 0.0811. The third-order valence-electron chi connectivity index (χ3n) is 3.90. The SMILES string of the molecule is O=C1CC(C(=O)NCc2cccc([N+](=O)[O-])c2)c2ccccc2N1. The van der Waals surface area contributed by atoms with Crippen LogP contribution in [0.3, 0.4) is 0 Å². The van der Waals surface area contributed by atoms with Gasteiger partial charge in [0.2, 0.25) is 11.8 Å². The molecular formula is C17H15N3O4. The van der Waals surface area contributed by atoms with Crippen molar-refractivity contribution in [2.24, 2.45) is 0 Å². The van der Waals surface area contributed by atoms with E-state index in [1.165, 1.54) is 12.1 Å². The van der Waals surface area contributed by atoms with Gasteiger partial charge in [0.25, 0.3) is 5.69 Å². The van der Waals surface area contributed by atoms with Crippen LogP contribution in [0.25, 0.3) is 0 Å². The van der Waals surface area contributed by atoms with Crippen LogP contribution < -0.4 is 10.6 Å². The van der Waals surface area contributed by atoms with Crippen molar-refractivity contribution in [1.29, 1.82) is 0 Å². The number of nitro benzene ring substituents is 1. The molecular weight excluding hydrogens is 310 g/mol. The molecule has 2 N–H and O–H groups in total. The van der Waals surface area contributed by atoms with Crippen LogP contribution in [0.2, 0.25) is 0 Å². The zero-order valence-electron chi connectivity index (χ0n) is 12.7. The number of anilines is 1. The second-order valence-corrected chi connectivity index (χ2v) is 5.54. The minimum Gasteiger partial charge on any atom is -0.351 e. The number of hydrogen-bond acceptors (Lipinski definition) is 4. The second kappa shape index (κ2) is 6.49. The van der Waals surface area contributed by atoms with E-state index in [2.05, 4.69) is 10.6 Å². The van der Waals surface area contributed by atoms with Crippen molar-refractivity contribution in [2.75, 3.05) is 5.32 Å². The van der Waals surface area contributed by atoms with E-state index in [9.17, 15) is 19.7 Å². The summed E-state index contributed by atoms with van der Waals surface area (Å²) < 4.78 is 0. The Labute approximate surface area is 137 Å². The van der Waals surface area contributed by atoms with E-state index in [0.717, 1.165) is 5.56 Å². The van der Waals surface area contributed by atoms with Crippen LogP contribution in [-0.2, 0) is 16.1 Å². The highest BCUT2D eigenvalue weighted by Crippen LogP contribution is 2.32. The summed E-state index contributed by atoms with van der Waals surface area (Å²) in [5, 5.41) is 16.3. The van der Waals surface area contributed by atoms with Crippen LogP contribution in [0.15, 0.2) is 48.5 Å². The number of benzene rings is 2. The zero-order valence-corrected chi connectivity index (χ0v) is 12.7. The molecule has 1 heterocycles. The number of nitrogens with zero attached hydrogens (tertiary/aromatic N) is 1. The van der Waals surface area contributed by atoms with Gasteiger partial charge in [-0.1, -0.05) is 30.3 Å². The first kappa shape index (κ1) is 15.7. The lowest BCUT2D eigenvalue weighted by Crippen LogP contribution is -2.34. The monoisotopic (exact) mass is 325 g/mol. The van der Waals surface area contributed by atoms with Crippen molar-refractivity contribution in [3.8, 4) is 0 Å². The third-order valence-corrected chi connectivity index (χ3v) is 3.90. The molecule has 24 heavy (non-hydrogen) atoms. The number of hydrogen-bond donors (Lipinski definition) is 2. The molecule has 0 saturated carbocycles.